The number of benzene rings is 2. The van der Waals surface area contributed by atoms with Crippen LogP contribution < -0.4 is 14.8 Å². The smallest absolute Gasteiger partial charge is 0.180 e. The van der Waals surface area contributed by atoms with Gasteiger partial charge in [-0.05, 0) is 43.1 Å². The minimum Gasteiger partial charge on any atom is -0.493 e. The molecule has 0 aromatic heterocycles. The highest BCUT2D eigenvalue weighted by Crippen LogP contribution is 2.37. The van der Waals surface area contributed by atoms with E-state index in [1.807, 2.05) is 12.1 Å². The van der Waals surface area contributed by atoms with Gasteiger partial charge in [-0.3, -0.25) is 0 Å². The Morgan fingerprint density at radius 1 is 1.00 bits per heavy atom. The lowest BCUT2D eigenvalue weighted by molar-refractivity contribution is 0.284. The fourth-order valence-corrected chi connectivity index (χ4v) is 3.05. The lowest BCUT2D eigenvalue weighted by Crippen LogP contribution is -2.14. The largest absolute Gasteiger partial charge is 0.493 e. The van der Waals surface area contributed by atoms with E-state index in [2.05, 4.69) is 43.4 Å². The molecule has 0 aliphatic heterocycles. The molecule has 0 amide bonds. The van der Waals surface area contributed by atoms with Crippen LogP contribution in [0.3, 0.4) is 0 Å². The lowest BCUT2D eigenvalue weighted by Gasteiger charge is -2.15. The second kappa shape index (κ2) is 12.9. The molecule has 0 atom stereocenters. The Balaban J connectivity index is 0.00000364. The van der Waals surface area contributed by atoms with Crippen molar-refractivity contribution in [3.8, 4) is 11.5 Å². The number of unbranched alkanes of at least 4 members (excludes halogenated alkanes) is 3. The topological polar surface area (TPSA) is 30.5 Å². The molecule has 5 heteroatoms. The van der Waals surface area contributed by atoms with Gasteiger partial charge < -0.3 is 14.8 Å². The fraction of sp³-hybridized carbons (Fsp3) is 0.455. The highest BCUT2D eigenvalue weighted by Gasteiger charge is 2.12. The summed E-state index contributed by atoms with van der Waals surface area (Å²) in [5.41, 5.74) is 3.44. The number of halogens is 2. The molecule has 0 saturated heterocycles. The van der Waals surface area contributed by atoms with Gasteiger partial charge in [0, 0.05) is 6.54 Å². The van der Waals surface area contributed by atoms with Crippen LogP contribution in [0.25, 0.3) is 0 Å². The molecule has 0 radical (unpaired) electrons. The highest BCUT2D eigenvalue weighted by atomic mass is 35.5. The summed E-state index contributed by atoms with van der Waals surface area (Å²) < 4.78 is 11.4. The normalized spacial score (nSPS) is 10.4. The van der Waals surface area contributed by atoms with Crippen LogP contribution in [-0.2, 0) is 13.2 Å². The predicted octanol–water partition coefficient (Wildman–Crippen LogP) is 6.33. The van der Waals surface area contributed by atoms with Gasteiger partial charge in [-0.25, -0.2) is 0 Å². The van der Waals surface area contributed by atoms with Gasteiger partial charge in [0.05, 0.1) is 12.1 Å². The summed E-state index contributed by atoms with van der Waals surface area (Å²) in [6.07, 6.45) is 5.04. The summed E-state index contributed by atoms with van der Waals surface area (Å²) in [6.45, 7) is 6.56. The molecule has 0 heterocycles. The SMILES string of the molecule is CCCCCCNCc1cc(Cl)c(OCc2ccc(C)cc2)c(OC)c1.Cl. The number of methoxy groups -OCH3 is 1. The van der Waals surface area contributed by atoms with E-state index < -0.39 is 0 Å². The van der Waals surface area contributed by atoms with Gasteiger partial charge in [0.2, 0.25) is 0 Å². The molecule has 0 aliphatic carbocycles. The molecule has 0 unspecified atom stereocenters. The number of hydrogen-bond acceptors (Lipinski definition) is 3. The van der Waals surface area contributed by atoms with Crippen molar-refractivity contribution in [3.63, 3.8) is 0 Å². The average Bonchev–Trinajstić information content (AvgIpc) is 2.64. The molecular formula is C22H31Cl2NO2. The van der Waals surface area contributed by atoms with Gasteiger partial charge >= 0.3 is 0 Å². The molecule has 3 nitrogen and oxygen atoms in total. The Hall–Kier alpha value is -1.42. The summed E-state index contributed by atoms with van der Waals surface area (Å²) in [5.74, 6) is 1.27. The van der Waals surface area contributed by atoms with Crippen LogP contribution in [0, 0.1) is 6.92 Å². The predicted molar refractivity (Wildman–Crippen MR) is 117 cm³/mol. The van der Waals surface area contributed by atoms with Crippen LogP contribution in [0.2, 0.25) is 5.02 Å². The van der Waals surface area contributed by atoms with Gasteiger partial charge in [0.25, 0.3) is 0 Å². The zero-order chi connectivity index (χ0) is 18.8. The van der Waals surface area contributed by atoms with Crippen molar-refractivity contribution in [2.75, 3.05) is 13.7 Å². The van der Waals surface area contributed by atoms with E-state index in [-0.39, 0.29) is 12.4 Å². The van der Waals surface area contributed by atoms with E-state index in [1.54, 1.807) is 7.11 Å². The van der Waals surface area contributed by atoms with Crippen molar-refractivity contribution in [1.29, 1.82) is 0 Å². The molecule has 0 spiro atoms. The maximum Gasteiger partial charge on any atom is 0.180 e. The summed E-state index contributed by atoms with van der Waals surface area (Å²) in [4.78, 5) is 0. The quantitative estimate of drug-likeness (QED) is 0.438. The molecule has 1 N–H and O–H groups in total. The minimum atomic E-state index is 0. The van der Waals surface area contributed by atoms with Crippen molar-refractivity contribution >= 4 is 24.0 Å². The molecule has 0 aliphatic rings. The Morgan fingerprint density at radius 2 is 1.74 bits per heavy atom. The van der Waals surface area contributed by atoms with Gasteiger partial charge in [0.1, 0.15) is 6.61 Å². The number of aryl methyl sites for hydroxylation is 1. The molecule has 0 bridgehead atoms. The van der Waals surface area contributed by atoms with Gasteiger partial charge in [-0.2, -0.15) is 0 Å². The first-order chi connectivity index (χ1) is 12.6. The first kappa shape index (κ1) is 23.6. The van der Waals surface area contributed by atoms with E-state index in [4.69, 9.17) is 21.1 Å². The molecule has 0 saturated carbocycles. The molecule has 27 heavy (non-hydrogen) atoms. The number of nitrogens with one attached hydrogen (secondary N) is 1. The van der Waals surface area contributed by atoms with Gasteiger partial charge in [-0.15, -0.1) is 12.4 Å². The number of hydrogen-bond donors (Lipinski definition) is 1. The maximum atomic E-state index is 6.45. The molecule has 2 aromatic carbocycles. The van der Waals surface area contributed by atoms with Crippen molar-refractivity contribution in [2.24, 2.45) is 0 Å². The third kappa shape index (κ3) is 8.00. The first-order valence-electron chi connectivity index (χ1n) is 9.39. The summed E-state index contributed by atoms with van der Waals surface area (Å²) >= 11 is 6.45. The van der Waals surface area contributed by atoms with Crippen molar-refractivity contribution in [2.45, 2.75) is 52.7 Å². The van der Waals surface area contributed by atoms with Crippen LogP contribution in [0.1, 0.15) is 49.3 Å². The monoisotopic (exact) mass is 411 g/mol. The standard InChI is InChI=1S/C22H30ClNO2.ClH/c1-4-5-6-7-12-24-15-19-13-20(23)22(21(14-19)25-3)26-16-18-10-8-17(2)9-11-18;/h8-11,13-14,24H,4-7,12,15-16H2,1-3H3;1H. The Labute approximate surface area is 174 Å². The fourth-order valence-electron chi connectivity index (χ4n) is 2.76. The van der Waals surface area contributed by atoms with Crippen LogP contribution in [-0.4, -0.2) is 13.7 Å². The minimum absolute atomic E-state index is 0. The van der Waals surface area contributed by atoms with E-state index in [0.29, 0.717) is 23.1 Å². The highest BCUT2D eigenvalue weighted by molar-refractivity contribution is 6.32. The molecule has 0 fully saturated rings. The summed E-state index contributed by atoms with van der Waals surface area (Å²) in [6, 6.07) is 12.2. The van der Waals surface area contributed by atoms with Crippen LogP contribution in [0.4, 0.5) is 0 Å². The Bertz CT molecular complexity index is 675. The summed E-state index contributed by atoms with van der Waals surface area (Å²) in [7, 11) is 1.65. The third-order valence-electron chi connectivity index (χ3n) is 4.33. The van der Waals surface area contributed by atoms with E-state index in [9.17, 15) is 0 Å². The third-order valence-corrected chi connectivity index (χ3v) is 4.61. The second-order valence-corrected chi connectivity index (χ2v) is 7.03. The summed E-state index contributed by atoms with van der Waals surface area (Å²) in [5, 5.41) is 4.05. The maximum absolute atomic E-state index is 6.45. The van der Waals surface area contributed by atoms with Crippen molar-refractivity contribution < 1.29 is 9.47 Å². The van der Waals surface area contributed by atoms with Gasteiger partial charge in [-0.1, -0.05) is 67.6 Å². The van der Waals surface area contributed by atoms with Crippen LogP contribution in [0.15, 0.2) is 36.4 Å². The Kier molecular flexibility index (Phi) is 11.3. The van der Waals surface area contributed by atoms with Gasteiger partial charge in [0.15, 0.2) is 11.5 Å². The van der Waals surface area contributed by atoms with E-state index in [1.165, 1.54) is 31.2 Å². The van der Waals surface area contributed by atoms with Crippen molar-refractivity contribution in [1.82, 2.24) is 5.32 Å². The average molecular weight is 412 g/mol. The number of rotatable bonds is 11. The molecular weight excluding hydrogens is 381 g/mol. The first-order valence-corrected chi connectivity index (χ1v) is 9.77. The van der Waals surface area contributed by atoms with Crippen LogP contribution >= 0.6 is 24.0 Å². The molecule has 2 rings (SSSR count). The van der Waals surface area contributed by atoms with Crippen molar-refractivity contribution in [3.05, 3.63) is 58.1 Å². The lowest BCUT2D eigenvalue weighted by atomic mass is 10.1. The molecule has 150 valence electrons. The van der Waals surface area contributed by atoms with E-state index in [0.717, 1.165) is 24.2 Å². The molecule has 2 aromatic rings. The second-order valence-electron chi connectivity index (χ2n) is 6.62. The van der Waals surface area contributed by atoms with Crippen LogP contribution in [0.5, 0.6) is 11.5 Å². The van der Waals surface area contributed by atoms with E-state index >= 15 is 0 Å². The zero-order valence-electron chi connectivity index (χ0n) is 16.5. The Morgan fingerprint density at radius 3 is 2.41 bits per heavy atom. The zero-order valence-corrected chi connectivity index (χ0v) is 18.1. The number of ether oxygens (including phenoxy) is 2.